The average molecular weight is 226 g/mol. The molecule has 3 nitrogen and oxygen atoms in total. The Bertz CT molecular complexity index is 198. The summed E-state index contributed by atoms with van der Waals surface area (Å²) in [6.45, 7) is 8.95. The zero-order valence-corrected chi connectivity index (χ0v) is 11.0. The molecule has 1 N–H and O–H groups in total. The van der Waals surface area contributed by atoms with Crippen LogP contribution in [0.5, 0.6) is 0 Å². The molecule has 0 saturated carbocycles. The monoisotopic (exact) mass is 226 g/mol. The summed E-state index contributed by atoms with van der Waals surface area (Å²) in [6.07, 6.45) is 8.27. The van der Waals surface area contributed by atoms with Crippen LogP contribution in [0.25, 0.3) is 0 Å². The van der Waals surface area contributed by atoms with Crippen molar-refractivity contribution in [3.05, 3.63) is 12.2 Å². The van der Waals surface area contributed by atoms with Gasteiger partial charge in [0.2, 0.25) is 5.91 Å². The molecular weight excluding hydrogens is 200 g/mol. The van der Waals surface area contributed by atoms with Gasteiger partial charge < -0.3 is 5.32 Å². The maximum atomic E-state index is 11.4. The van der Waals surface area contributed by atoms with Gasteiger partial charge in [0.05, 0.1) is 6.67 Å². The van der Waals surface area contributed by atoms with Gasteiger partial charge in [-0.3, -0.25) is 9.69 Å². The predicted molar refractivity (Wildman–Crippen MR) is 69.2 cm³/mol. The van der Waals surface area contributed by atoms with E-state index in [1.165, 1.54) is 19.3 Å². The first-order valence-electron chi connectivity index (χ1n) is 6.41. The van der Waals surface area contributed by atoms with Crippen molar-refractivity contribution in [3.63, 3.8) is 0 Å². The number of rotatable bonds is 9. The zero-order chi connectivity index (χ0) is 12.2. The number of carbonyl (C=O) groups is 1. The Kier molecular flexibility index (Phi) is 10.1. The Morgan fingerprint density at radius 3 is 2.44 bits per heavy atom. The van der Waals surface area contributed by atoms with Gasteiger partial charge in [-0.15, -0.1) is 0 Å². The summed E-state index contributed by atoms with van der Waals surface area (Å²) >= 11 is 0. The molecule has 0 unspecified atom stereocenters. The van der Waals surface area contributed by atoms with Gasteiger partial charge in [0.25, 0.3) is 0 Å². The van der Waals surface area contributed by atoms with Gasteiger partial charge in [-0.2, -0.15) is 0 Å². The summed E-state index contributed by atoms with van der Waals surface area (Å²) in [4.78, 5) is 13.6. The number of carbonyl (C=O) groups excluding carboxylic acids is 1. The van der Waals surface area contributed by atoms with Crippen LogP contribution in [0.2, 0.25) is 0 Å². The number of amides is 1. The minimum Gasteiger partial charge on any atom is -0.340 e. The number of allylic oxidation sites excluding steroid dienone is 1. The van der Waals surface area contributed by atoms with E-state index in [1.807, 2.05) is 6.08 Å². The van der Waals surface area contributed by atoms with E-state index in [0.29, 0.717) is 6.67 Å². The van der Waals surface area contributed by atoms with E-state index in [2.05, 4.69) is 31.0 Å². The van der Waals surface area contributed by atoms with Crippen molar-refractivity contribution in [1.29, 1.82) is 0 Å². The molecule has 1 amide bonds. The van der Waals surface area contributed by atoms with Crippen LogP contribution in [0.4, 0.5) is 0 Å². The van der Waals surface area contributed by atoms with Crippen molar-refractivity contribution in [2.24, 2.45) is 0 Å². The predicted octanol–water partition coefficient (Wildman–Crippen LogP) is 2.54. The molecule has 0 saturated heterocycles. The summed E-state index contributed by atoms with van der Waals surface area (Å²) in [7, 11) is 0. The third kappa shape index (κ3) is 8.48. The van der Waals surface area contributed by atoms with Crippen molar-refractivity contribution >= 4 is 5.91 Å². The maximum Gasteiger partial charge on any atom is 0.244 e. The third-order valence-electron chi connectivity index (χ3n) is 2.61. The standard InChI is InChI=1S/C13H26N2O/c1-4-7-8-9-10-11-13(16)14-12-15(5-2)6-3/h10-11H,4-9,12H2,1-3H3,(H,14,16)/b11-10+. The Morgan fingerprint density at radius 2 is 1.88 bits per heavy atom. The van der Waals surface area contributed by atoms with Crippen LogP contribution < -0.4 is 5.32 Å². The summed E-state index contributed by atoms with van der Waals surface area (Å²) in [5.41, 5.74) is 0. The summed E-state index contributed by atoms with van der Waals surface area (Å²) in [6, 6.07) is 0. The minimum atomic E-state index is 0.0170. The van der Waals surface area contributed by atoms with Gasteiger partial charge in [0, 0.05) is 0 Å². The first-order valence-corrected chi connectivity index (χ1v) is 6.41. The van der Waals surface area contributed by atoms with Gasteiger partial charge in [-0.25, -0.2) is 0 Å². The van der Waals surface area contributed by atoms with Crippen molar-refractivity contribution in [2.45, 2.75) is 46.5 Å². The number of hydrogen-bond acceptors (Lipinski definition) is 2. The summed E-state index contributed by atoms with van der Waals surface area (Å²) in [5, 5.41) is 2.88. The van der Waals surface area contributed by atoms with E-state index in [0.717, 1.165) is 19.5 Å². The fraction of sp³-hybridized carbons (Fsp3) is 0.769. The van der Waals surface area contributed by atoms with Crippen LogP contribution in [-0.2, 0) is 4.79 Å². The minimum absolute atomic E-state index is 0.0170. The lowest BCUT2D eigenvalue weighted by atomic mass is 10.2. The summed E-state index contributed by atoms with van der Waals surface area (Å²) in [5.74, 6) is 0.0170. The molecule has 0 aromatic heterocycles. The second-order valence-corrected chi connectivity index (χ2v) is 3.90. The highest BCUT2D eigenvalue weighted by Gasteiger charge is 1.99. The normalized spacial score (nSPS) is 11.2. The molecule has 3 heteroatoms. The molecule has 0 rings (SSSR count). The molecule has 0 aliphatic carbocycles. The van der Waals surface area contributed by atoms with Crippen LogP contribution in [0.3, 0.4) is 0 Å². The molecule has 0 spiro atoms. The lowest BCUT2D eigenvalue weighted by Gasteiger charge is -2.17. The molecule has 16 heavy (non-hydrogen) atoms. The van der Waals surface area contributed by atoms with E-state index >= 15 is 0 Å². The highest BCUT2D eigenvalue weighted by molar-refractivity contribution is 5.87. The summed E-state index contributed by atoms with van der Waals surface area (Å²) < 4.78 is 0. The quantitative estimate of drug-likeness (QED) is 0.372. The smallest absolute Gasteiger partial charge is 0.244 e. The SMILES string of the molecule is CCCCC/C=C/C(=O)NCN(CC)CC. The molecule has 0 heterocycles. The van der Waals surface area contributed by atoms with E-state index in [1.54, 1.807) is 6.08 Å². The highest BCUT2D eigenvalue weighted by Crippen LogP contribution is 1.99. The zero-order valence-electron chi connectivity index (χ0n) is 11.0. The van der Waals surface area contributed by atoms with Crippen molar-refractivity contribution in [2.75, 3.05) is 19.8 Å². The lowest BCUT2D eigenvalue weighted by Crippen LogP contribution is -2.36. The third-order valence-corrected chi connectivity index (χ3v) is 2.61. The molecule has 0 bridgehead atoms. The van der Waals surface area contributed by atoms with Crippen LogP contribution >= 0.6 is 0 Å². The molecular formula is C13H26N2O. The first kappa shape index (κ1) is 15.2. The van der Waals surface area contributed by atoms with E-state index in [4.69, 9.17) is 0 Å². The molecule has 94 valence electrons. The lowest BCUT2D eigenvalue weighted by molar-refractivity contribution is -0.117. The Balaban J connectivity index is 3.57. The largest absolute Gasteiger partial charge is 0.340 e. The van der Waals surface area contributed by atoms with Crippen molar-refractivity contribution < 1.29 is 4.79 Å². The van der Waals surface area contributed by atoms with Crippen molar-refractivity contribution in [3.8, 4) is 0 Å². The molecule has 0 atom stereocenters. The number of hydrogen-bond donors (Lipinski definition) is 1. The molecule has 0 aliphatic rings. The van der Waals surface area contributed by atoms with Gasteiger partial charge in [-0.05, 0) is 32.0 Å². The number of unbranched alkanes of at least 4 members (excludes halogenated alkanes) is 3. The van der Waals surface area contributed by atoms with Gasteiger partial charge in [-0.1, -0.05) is 39.7 Å². The molecule has 0 aromatic carbocycles. The van der Waals surface area contributed by atoms with Gasteiger partial charge in [0.15, 0.2) is 0 Å². The number of nitrogens with zero attached hydrogens (tertiary/aromatic N) is 1. The van der Waals surface area contributed by atoms with E-state index in [-0.39, 0.29) is 5.91 Å². The van der Waals surface area contributed by atoms with Gasteiger partial charge >= 0.3 is 0 Å². The Labute approximate surface area is 99.9 Å². The first-order chi connectivity index (χ1) is 7.74. The molecule has 0 fully saturated rings. The van der Waals surface area contributed by atoms with Crippen LogP contribution in [-0.4, -0.2) is 30.6 Å². The van der Waals surface area contributed by atoms with Gasteiger partial charge in [0.1, 0.15) is 0 Å². The van der Waals surface area contributed by atoms with E-state index < -0.39 is 0 Å². The Morgan fingerprint density at radius 1 is 1.19 bits per heavy atom. The fourth-order valence-corrected chi connectivity index (χ4v) is 1.40. The van der Waals surface area contributed by atoms with Crippen LogP contribution in [0, 0.1) is 0 Å². The van der Waals surface area contributed by atoms with Crippen LogP contribution in [0.15, 0.2) is 12.2 Å². The molecule has 0 aliphatic heterocycles. The van der Waals surface area contributed by atoms with Crippen molar-refractivity contribution in [1.82, 2.24) is 10.2 Å². The molecule has 0 radical (unpaired) electrons. The second kappa shape index (κ2) is 10.7. The number of nitrogens with one attached hydrogen (secondary N) is 1. The topological polar surface area (TPSA) is 32.3 Å². The molecule has 0 aromatic rings. The second-order valence-electron chi connectivity index (χ2n) is 3.90. The highest BCUT2D eigenvalue weighted by atomic mass is 16.1. The maximum absolute atomic E-state index is 11.4. The average Bonchev–Trinajstić information content (AvgIpc) is 2.30. The Hall–Kier alpha value is -0.830. The fourth-order valence-electron chi connectivity index (χ4n) is 1.40. The van der Waals surface area contributed by atoms with Crippen LogP contribution in [0.1, 0.15) is 46.5 Å². The van der Waals surface area contributed by atoms with E-state index in [9.17, 15) is 4.79 Å².